The fourth-order valence-corrected chi connectivity index (χ4v) is 0. The summed E-state index contributed by atoms with van der Waals surface area (Å²) >= 11 is 0. The van der Waals surface area contributed by atoms with Gasteiger partial charge in [-0.3, -0.25) is 8.42 Å². The molecule has 6 nitrogen and oxygen atoms in total. The van der Waals surface area contributed by atoms with Crippen molar-refractivity contribution in [2.45, 2.75) is 0 Å². The molecule has 9 heavy (non-hydrogen) atoms. The molecule has 0 aliphatic heterocycles. The molecule has 0 aliphatic carbocycles. The van der Waals surface area contributed by atoms with Crippen molar-refractivity contribution in [3.8, 4) is 0 Å². The summed E-state index contributed by atoms with van der Waals surface area (Å²) in [6.07, 6.45) is 0. The van der Waals surface area contributed by atoms with Gasteiger partial charge in [-0.1, -0.05) is 0 Å². The maximum Gasteiger partial charge on any atom is 1.00 e. The van der Waals surface area contributed by atoms with E-state index in [4.69, 9.17) is 17.5 Å². The average molecular weight is 192 g/mol. The summed E-state index contributed by atoms with van der Waals surface area (Å²) in [5.41, 5.74) is 0. The Labute approximate surface area is 67.7 Å². The lowest BCUT2D eigenvalue weighted by Gasteiger charge is -2.06. The van der Waals surface area contributed by atoms with Crippen LogP contribution in [-0.4, -0.2) is 17.5 Å². The zero-order valence-corrected chi connectivity index (χ0v) is 6.75. The highest BCUT2D eigenvalue weighted by molar-refractivity contribution is 7.79. The van der Waals surface area contributed by atoms with E-state index in [1.54, 1.807) is 0 Å². The molecule has 0 amide bonds. The van der Waals surface area contributed by atoms with E-state index >= 15 is 0 Å². The van der Waals surface area contributed by atoms with Crippen molar-refractivity contribution in [2.75, 3.05) is 0 Å². The van der Waals surface area contributed by atoms with Gasteiger partial charge in [0.05, 0.1) is 0 Å². The minimum atomic E-state index is -5.17. The molecule has 0 aromatic rings. The van der Waals surface area contributed by atoms with Gasteiger partial charge in [0.15, 0.2) is 0 Å². The standard InChI is InChI=1S/2N.H2O4S.2H2S/c;;1-5(2,3)4;;/h;;(H2,1,2,3,4);2*1H2/q2*+1;;;/p-2. The average Bonchev–Trinajstić information content (AvgIpc) is 0.722. The summed E-state index contributed by atoms with van der Waals surface area (Å²) in [5, 5.41) is 0. The van der Waals surface area contributed by atoms with Crippen LogP contribution in [0.4, 0.5) is 0 Å². The van der Waals surface area contributed by atoms with Gasteiger partial charge in [0, 0.05) is 10.4 Å². The molecule has 0 bridgehead atoms. The number of rotatable bonds is 0. The molecule has 9 heteroatoms. The second-order valence-corrected chi connectivity index (χ2v) is 1.22. The van der Waals surface area contributed by atoms with Crippen molar-refractivity contribution < 1.29 is 17.5 Å². The third kappa shape index (κ3) is 1490. The third-order valence-electron chi connectivity index (χ3n) is 0. The van der Waals surface area contributed by atoms with Gasteiger partial charge in [-0.2, -0.15) is 27.0 Å². The Balaban J connectivity index is -0.0000000133. The van der Waals surface area contributed by atoms with E-state index in [0.29, 0.717) is 0 Å². The third-order valence-corrected chi connectivity index (χ3v) is 0. The molecule has 0 atom stereocenters. The van der Waals surface area contributed by atoms with E-state index in [9.17, 15) is 0 Å². The highest BCUT2D eigenvalue weighted by atomic mass is 32.3. The predicted octanol–water partition coefficient (Wildman–Crippen LogP) is -2.07. The Kier molecular flexibility index (Phi) is 42.6. The normalized spacial score (nSPS) is 6.44. The van der Waals surface area contributed by atoms with Gasteiger partial charge >= 0.3 is 12.3 Å². The lowest BCUT2D eigenvalue weighted by atomic mass is 14.0. The highest BCUT2D eigenvalue weighted by Crippen LogP contribution is 1.57. The molecular weight excluding hydrogens is 188 g/mol. The second-order valence-electron chi connectivity index (χ2n) is 0.408. The molecule has 0 saturated carbocycles. The van der Waals surface area contributed by atoms with Gasteiger partial charge in [-0.25, -0.2) is 0 Å². The molecule has 0 fully saturated rings. The van der Waals surface area contributed by atoms with E-state index in [2.05, 4.69) is 0 Å². The smallest absolute Gasteiger partial charge is 0.759 e. The maximum atomic E-state index is 8.52. The van der Waals surface area contributed by atoms with Crippen molar-refractivity contribution in [3.05, 3.63) is 0 Å². The molecule has 56 valence electrons. The van der Waals surface area contributed by atoms with Crippen LogP contribution in [-0.2, 0) is 10.4 Å². The van der Waals surface area contributed by atoms with Crippen molar-refractivity contribution in [1.29, 1.82) is 0 Å². The fourth-order valence-electron chi connectivity index (χ4n) is 0. The van der Waals surface area contributed by atoms with Gasteiger partial charge in [-0.05, 0) is 0 Å². The van der Waals surface area contributed by atoms with Crippen LogP contribution < -0.4 is 12.3 Å². The molecule has 8 radical (unpaired) electrons. The summed E-state index contributed by atoms with van der Waals surface area (Å²) < 4.78 is 34.1. The first-order valence-corrected chi connectivity index (χ1v) is 2.00. The van der Waals surface area contributed by atoms with Crippen molar-refractivity contribution >= 4 is 37.4 Å². The van der Waals surface area contributed by atoms with E-state index in [1.165, 1.54) is 0 Å². The molecular formula is H4N2O4S3. The highest BCUT2D eigenvalue weighted by Gasteiger charge is 1.49. The fraction of sp³-hybridized carbons (Fsp3) is 0. The Morgan fingerprint density at radius 1 is 0.889 bits per heavy atom. The zero-order valence-electron chi connectivity index (χ0n) is 3.94. The van der Waals surface area contributed by atoms with E-state index in [0.717, 1.165) is 0 Å². The minimum Gasteiger partial charge on any atom is -0.759 e. The Morgan fingerprint density at radius 3 is 0.889 bits per heavy atom. The second kappa shape index (κ2) is 11.3. The largest absolute Gasteiger partial charge is 1.00 e. The minimum absolute atomic E-state index is 0. The molecule has 0 aromatic carbocycles. The van der Waals surface area contributed by atoms with Crippen LogP contribution in [0.15, 0.2) is 0 Å². The van der Waals surface area contributed by atoms with Crippen molar-refractivity contribution in [1.82, 2.24) is 12.3 Å². The molecule has 0 aliphatic rings. The lowest BCUT2D eigenvalue weighted by molar-refractivity contribution is 0.352. The molecule has 0 N–H and O–H groups in total. The number of hydrogen-bond donors (Lipinski definition) is 0. The Morgan fingerprint density at radius 2 is 0.889 bits per heavy atom. The monoisotopic (exact) mass is 192 g/mol. The molecule has 0 spiro atoms. The van der Waals surface area contributed by atoms with Crippen LogP contribution in [0.1, 0.15) is 0 Å². The first kappa shape index (κ1) is 33.9. The van der Waals surface area contributed by atoms with Crippen LogP contribution in [0.2, 0.25) is 0 Å². The van der Waals surface area contributed by atoms with Gasteiger partial charge in [0.25, 0.3) is 0 Å². The van der Waals surface area contributed by atoms with Gasteiger partial charge < -0.3 is 9.11 Å². The van der Waals surface area contributed by atoms with Crippen LogP contribution in [0.5, 0.6) is 0 Å². The van der Waals surface area contributed by atoms with E-state index < -0.39 is 10.4 Å². The van der Waals surface area contributed by atoms with Crippen molar-refractivity contribution in [2.24, 2.45) is 0 Å². The van der Waals surface area contributed by atoms with Crippen molar-refractivity contribution in [3.63, 3.8) is 0 Å². The van der Waals surface area contributed by atoms with E-state index in [-0.39, 0.29) is 39.3 Å². The maximum absolute atomic E-state index is 8.52. The predicted molar refractivity (Wildman–Crippen MR) is 35.5 cm³/mol. The van der Waals surface area contributed by atoms with Gasteiger partial charge in [0.1, 0.15) is 0 Å². The first-order chi connectivity index (χ1) is 2.00. The topological polar surface area (TPSA) is 141 Å². The summed E-state index contributed by atoms with van der Waals surface area (Å²) in [5.74, 6) is 0. The summed E-state index contributed by atoms with van der Waals surface area (Å²) in [6.45, 7) is 0. The summed E-state index contributed by atoms with van der Waals surface area (Å²) in [7, 11) is -5.17. The van der Waals surface area contributed by atoms with Crippen LogP contribution >= 0.6 is 27.0 Å². The molecule has 0 heterocycles. The van der Waals surface area contributed by atoms with E-state index in [1.807, 2.05) is 0 Å². The Bertz CT molecular complexity index is 97.0. The lowest BCUT2D eigenvalue weighted by Crippen LogP contribution is -1.91. The van der Waals surface area contributed by atoms with Gasteiger partial charge in [-0.15, -0.1) is 0 Å². The zero-order chi connectivity index (χ0) is 4.50. The molecule has 0 aromatic heterocycles. The first-order valence-electron chi connectivity index (χ1n) is 0.667. The van der Waals surface area contributed by atoms with Gasteiger partial charge in [0.2, 0.25) is 0 Å². The number of hydrogen-bond acceptors (Lipinski definition) is 4. The molecule has 0 saturated heterocycles. The van der Waals surface area contributed by atoms with Crippen LogP contribution in [0, 0.1) is 0 Å². The quantitative estimate of drug-likeness (QED) is 0.321. The van der Waals surface area contributed by atoms with Crippen LogP contribution in [0.3, 0.4) is 0 Å². The number of nitrogens with zero attached hydrogens (tertiary/aromatic N) is 2. The van der Waals surface area contributed by atoms with Crippen LogP contribution in [0.25, 0.3) is 0 Å². The summed E-state index contributed by atoms with van der Waals surface area (Å²) in [6, 6.07) is 0. The molecule has 0 unspecified atom stereocenters. The SMILES string of the molecule is O=S(=O)([O-])[O-].S.S.[N+].[N+]. The molecule has 0 rings (SSSR count). The Hall–Kier alpha value is 0.490. The summed E-state index contributed by atoms with van der Waals surface area (Å²) in [4.78, 5) is 0.